The summed E-state index contributed by atoms with van der Waals surface area (Å²) in [5.74, 6) is -0.626. The van der Waals surface area contributed by atoms with Gasteiger partial charge >= 0.3 is 0 Å². The SMILES string of the molecule is NC1=NC(N)(Cc2cncnc2)NN1. The van der Waals surface area contributed by atoms with Crippen LogP contribution in [0.1, 0.15) is 5.56 Å². The minimum Gasteiger partial charge on any atom is -0.369 e. The molecule has 0 spiro atoms. The third-order valence-corrected chi connectivity index (χ3v) is 1.81. The number of guanidine groups is 1. The summed E-state index contributed by atoms with van der Waals surface area (Å²) >= 11 is 0. The number of aromatic nitrogens is 2. The van der Waals surface area contributed by atoms with Crippen molar-refractivity contribution < 1.29 is 0 Å². The third kappa shape index (κ3) is 1.78. The maximum atomic E-state index is 5.88. The number of aliphatic imine (C=N–C) groups is 1. The Labute approximate surface area is 80.6 Å². The van der Waals surface area contributed by atoms with E-state index in [1.165, 1.54) is 6.33 Å². The largest absolute Gasteiger partial charge is 0.369 e. The first-order valence-corrected chi connectivity index (χ1v) is 4.09. The molecular formula is C7H11N7. The number of hydrogen-bond donors (Lipinski definition) is 4. The van der Waals surface area contributed by atoms with E-state index in [2.05, 4.69) is 25.8 Å². The normalized spacial score (nSPS) is 25.6. The van der Waals surface area contributed by atoms with E-state index in [0.717, 1.165) is 5.56 Å². The Morgan fingerprint density at radius 1 is 1.36 bits per heavy atom. The predicted octanol–water partition coefficient (Wildman–Crippen LogP) is -1.95. The lowest BCUT2D eigenvalue weighted by atomic mass is 10.1. The maximum absolute atomic E-state index is 5.88. The molecule has 1 aliphatic heterocycles. The van der Waals surface area contributed by atoms with E-state index < -0.39 is 5.79 Å². The number of hydrazine groups is 1. The molecule has 1 aromatic heterocycles. The highest BCUT2D eigenvalue weighted by atomic mass is 15.6. The zero-order valence-electron chi connectivity index (χ0n) is 7.44. The van der Waals surface area contributed by atoms with Gasteiger partial charge in [-0.3, -0.25) is 11.2 Å². The molecule has 0 aromatic carbocycles. The number of nitrogens with one attached hydrogen (secondary N) is 2. The lowest BCUT2D eigenvalue weighted by Gasteiger charge is -2.19. The van der Waals surface area contributed by atoms with Gasteiger partial charge in [0.25, 0.3) is 0 Å². The Balaban J connectivity index is 2.12. The highest BCUT2D eigenvalue weighted by Crippen LogP contribution is 2.09. The van der Waals surface area contributed by atoms with Gasteiger partial charge in [0.2, 0.25) is 5.96 Å². The van der Waals surface area contributed by atoms with Gasteiger partial charge in [-0.05, 0) is 5.56 Å². The third-order valence-electron chi connectivity index (χ3n) is 1.81. The molecule has 6 N–H and O–H groups in total. The number of hydrogen-bond acceptors (Lipinski definition) is 7. The molecule has 1 aromatic rings. The monoisotopic (exact) mass is 193 g/mol. The van der Waals surface area contributed by atoms with Gasteiger partial charge in [-0.1, -0.05) is 0 Å². The standard InChI is InChI=1S/C7H11N7/c8-6-12-7(9,14-13-6)1-5-2-10-4-11-3-5/h2-4,14H,1,9H2,(H3,8,12,13). The van der Waals surface area contributed by atoms with Gasteiger partial charge in [-0.2, -0.15) is 5.43 Å². The highest BCUT2D eigenvalue weighted by molar-refractivity contribution is 5.79. The van der Waals surface area contributed by atoms with Crippen LogP contribution in [-0.4, -0.2) is 21.7 Å². The summed E-state index contributed by atoms with van der Waals surface area (Å²) in [4.78, 5) is 11.8. The lowest BCUT2D eigenvalue weighted by molar-refractivity contribution is 0.359. The molecule has 1 aliphatic rings. The molecule has 14 heavy (non-hydrogen) atoms. The van der Waals surface area contributed by atoms with Crippen LogP contribution in [-0.2, 0) is 6.42 Å². The summed E-state index contributed by atoms with van der Waals surface area (Å²) in [5, 5.41) is 0. The smallest absolute Gasteiger partial charge is 0.206 e. The van der Waals surface area contributed by atoms with Crippen LogP contribution in [0.15, 0.2) is 23.7 Å². The first-order chi connectivity index (χ1) is 6.68. The van der Waals surface area contributed by atoms with Crippen LogP contribution in [0.3, 0.4) is 0 Å². The van der Waals surface area contributed by atoms with Crippen LogP contribution >= 0.6 is 0 Å². The van der Waals surface area contributed by atoms with E-state index in [-0.39, 0.29) is 5.96 Å². The number of nitrogens with zero attached hydrogens (tertiary/aromatic N) is 3. The quantitative estimate of drug-likeness (QED) is 0.434. The van der Waals surface area contributed by atoms with Gasteiger partial charge in [-0.25, -0.2) is 15.0 Å². The van der Waals surface area contributed by atoms with Crippen molar-refractivity contribution in [3.05, 3.63) is 24.3 Å². The van der Waals surface area contributed by atoms with Crippen molar-refractivity contribution in [2.75, 3.05) is 0 Å². The van der Waals surface area contributed by atoms with Gasteiger partial charge < -0.3 is 5.73 Å². The molecule has 0 saturated heterocycles. The van der Waals surface area contributed by atoms with E-state index in [1.807, 2.05) is 0 Å². The summed E-state index contributed by atoms with van der Waals surface area (Å²) < 4.78 is 0. The van der Waals surface area contributed by atoms with Crippen LogP contribution in [0.4, 0.5) is 0 Å². The fraction of sp³-hybridized carbons (Fsp3) is 0.286. The molecule has 2 rings (SSSR count). The molecule has 0 aliphatic carbocycles. The number of rotatable bonds is 2. The summed E-state index contributed by atoms with van der Waals surface area (Å²) in [6.07, 6.45) is 5.31. The lowest BCUT2D eigenvalue weighted by Crippen LogP contribution is -2.54. The molecule has 2 heterocycles. The second-order valence-corrected chi connectivity index (χ2v) is 3.09. The molecule has 0 amide bonds. The summed E-state index contributed by atoms with van der Waals surface area (Å²) in [7, 11) is 0. The van der Waals surface area contributed by atoms with Crippen molar-refractivity contribution in [3.63, 3.8) is 0 Å². The molecular weight excluding hydrogens is 182 g/mol. The van der Waals surface area contributed by atoms with Gasteiger partial charge in [0.15, 0.2) is 5.79 Å². The van der Waals surface area contributed by atoms with Crippen LogP contribution < -0.4 is 22.3 Å². The second kappa shape index (κ2) is 3.20. The van der Waals surface area contributed by atoms with E-state index in [0.29, 0.717) is 6.42 Å². The Morgan fingerprint density at radius 2 is 2.07 bits per heavy atom. The van der Waals surface area contributed by atoms with Crippen molar-refractivity contribution in [1.29, 1.82) is 0 Å². The van der Waals surface area contributed by atoms with E-state index in [9.17, 15) is 0 Å². The van der Waals surface area contributed by atoms with Crippen LogP contribution in [0, 0.1) is 0 Å². The van der Waals surface area contributed by atoms with Gasteiger partial charge in [0.05, 0.1) is 0 Å². The topological polar surface area (TPSA) is 114 Å². The van der Waals surface area contributed by atoms with Crippen molar-refractivity contribution >= 4 is 5.96 Å². The van der Waals surface area contributed by atoms with E-state index in [4.69, 9.17) is 11.5 Å². The van der Waals surface area contributed by atoms with E-state index in [1.54, 1.807) is 12.4 Å². The molecule has 0 saturated carbocycles. The molecule has 74 valence electrons. The molecule has 0 bridgehead atoms. The molecule has 1 atom stereocenters. The molecule has 0 radical (unpaired) electrons. The van der Waals surface area contributed by atoms with Crippen LogP contribution in [0.25, 0.3) is 0 Å². The Hall–Kier alpha value is -1.73. The average Bonchev–Trinajstić information content (AvgIpc) is 2.47. The fourth-order valence-corrected chi connectivity index (χ4v) is 1.26. The molecule has 7 heteroatoms. The minimum atomic E-state index is -0.908. The van der Waals surface area contributed by atoms with Crippen molar-refractivity contribution in [2.45, 2.75) is 12.2 Å². The zero-order chi connectivity index (χ0) is 10.0. The molecule has 1 unspecified atom stereocenters. The first kappa shape index (κ1) is 8.85. The zero-order valence-corrected chi connectivity index (χ0v) is 7.44. The highest BCUT2D eigenvalue weighted by Gasteiger charge is 2.29. The Bertz CT molecular complexity index is 348. The maximum Gasteiger partial charge on any atom is 0.206 e. The average molecular weight is 193 g/mol. The summed E-state index contributed by atoms with van der Waals surface area (Å²) in [6.45, 7) is 0. The van der Waals surface area contributed by atoms with Crippen molar-refractivity contribution in [1.82, 2.24) is 20.8 Å². The predicted molar refractivity (Wildman–Crippen MR) is 50.5 cm³/mol. The van der Waals surface area contributed by atoms with Crippen LogP contribution in [0.5, 0.6) is 0 Å². The van der Waals surface area contributed by atoms with Gasteiger partial charge in [0.1, 0.15) is 6.33 Å². The van der Waals surface area contributed by atoms with Crippen molar-refractivity contribution in [3.8, 4) is 0 Å². The fourth-order valence-electron chi connectivity index (χ4n) is 1.26. The molecule has 7 nitrogen and oxygen atoms in total. The molecule has 0 fully saturated rings. The summed E-state index contributed by atoms with van der Waals surface area (Å²) in [5.41, 5.74) is 17.6. The van der Waals surface area contributed by atoms with Crippen LogP contribution in [0.2, 0.25) is 0 Å². The minimum absolute atomic E-state index is 0.282. The number of nitrogens with two attached hydrogens (primary N) is 2. The van der Waals surface area contributed by atoms with E-state index >= 15 is 0 Å². The second-order valence-electron chi connectivity index (χ2n) is 3.09. The van der Waals surface area contributed by atoms with Gasteiger partial charge in [0, 0.05) is 18.8 Å². The first-order valence-electron chi connectivity index (χ1n) is 4.09. The Kier molecular flexibility index (Phi) is 2.02. The van der Waals surface area contributed by atoms with Crippen molar-refractivity contribution in [2.24, 2.45) is 16.5 Å². The van der Waals surface area contributed by atoms with Gasteiger partial charge in [-0.15, -0.1) is 0 Å². The summed E-state index contributed by atoms with van der Waals surface area (Å²) in [6, 6.07) is 0. The Morgan fingerprint density at radius 3 is 2.64 bits per heavy atom.